The van der Waals surface area contributed by atoms with Crippen LogP contribution in [0.2, 0.25) is 5.02 Å². The van der Waals surface area contributed by atoms with Crippen LogP contribution in [0, 0.1) is 6.92 Å². The van der Waals surface area contributed by atoms with Gasteiger partial charge in [0, 0.05) is 38.5 Å². The van der Waals surface area contributed by atoms with Crippen molar-refractivity contribution in [2.24, 2.45) is 0 Å². The van der Waals surface area contributed by atoms with Crippen LogP contribution in [0.4, 0.5) is 5.69 Å². The second-order valence-electron chi connectivity index (χ2n) is 7.28. The van der Waals surface area contributed by atoms with Crippen LogP contribution in [0.3, 0.4) is 0 Å². The van der Waals surface area contributed by atoms with Crippen molar-refractivity contribution in [3.8, 4) is 0 Å². The number of aryl methyl sites for hydroxylation is 1. The standard InChI is InChI=1S/C21H25ClN4O4S2/c1-14-5-7-16(12-19(14)32(28,29)25(2)3)23-20(27)13-31-21-24-17-11-15(22)6-8-18(17)26(21)9-10-30-4/h5-8,11-12H,9-10,13H2,1-4H3,(H,23,27). The van der Waals surface area contributed by atoms with E-state index in [1.165, 1.54) is 31.9 Å². The van der Waals surface area contributed by atoms with Crippen LogP contribution >= 0.6 is 23.4 Å². The number of nitrogens with zero attached hydrogens (tertiary/aromatic N) is 3. The van der Waals surface area contributed by atoms with E-state index in [1.807, 2.05) is 10.6 Å². The number of carbonyl (C=O) groups excluding carboxylic acids is 1. The molecule has 1 heterocycles. The topological polar surface area (TPSA) is 93.5 Å². The van der Waals surface area contributed by atoms with Gasteiger partial charge in [0.15, 0.2) is 5.16 Å². The second kappa shape index (κ2) is 10.2. The second-order valence-corrected chi connectivity index (χ2v) is 10.8. The Hall–Kier alpha value is -2.11. The Bertz CT molecular complexity index is 1240. The normalized spacial score (nSPS) is 11.9. The number of nitrogens with one attached hydrogen (secondary N) is 1. The Morgan fingerprint density at radius 2 is 2.00 bits per heavy atom. The van der Waals surface area contributed by atoms with Gasteiger partial charge in [-0.15, -0.1) is 0 Å². The van der Waals surface area contributed by atoms with Gasteiger partial charge in [-0.2, -0.15) is 0 Å². The molecule has 8 nitrogen and oxygen atoms in total. The van der Waals surface area contributed by atoms with Crippen LogP contribution in [-0.2, 0) is 26.1 Å². The lowest BCUT2D eigenvalue weighted by atomic mass is 10.2. The molecule has 2 aromatic carbocycles. The Kier molecular flexibility index (Phi) is 7.84. The smallest absolute Gasteiger partial charge is 0.242 e. The molecule has 0 saturated heterocycles. The molecule has 1 N–H and O–H groups in total. The highest BCUT2D eigenvalue weighted by Crippen LogP contribution is 2.27. The minimum Gasteiger partial charge on any atom is -0.383 e. The van der Waals surface area contributed by atoms with E-state index < -0.39 is 10.0 Å². The van der Waals surface area contributed by atoms with Gasteiger partial charge in [0.25, 0.3) is 0 Å². The fourth-order valence-corrected chi connectivity index (χ4v) is 5.22. The number of thioether (sulfide) groups is 1. The van der Waals surface area contributed by atoms with E-state index in [-0.39, 0.29) is 16.6 Å². The molecule has 32 heavy (non-hydrogen) atoms. The Morgan fingerprint density at radius 3 is 2.69 bits per heavy atom. The molecule has 172 valence electrons. The summed E-state index contributed by atoms with van der Waals surface area (Å²) in [6, 6.07) is 10.3. The van der Waals surface area contributed by atoms with Crippen LogP contribution in [0.15, 0.2) is 46.5 Å². The van der Waals surface area contributed by atoms with E-state index in [4.69, 9.17) is 16.3 Å². The number of imidazole rings is 1. The molecule has 0 aliphatic heterocycles. The van der Waals surface area contributed by atoms with E-state index >= 15 is 0 Å². The van der Waals surface area contributed by atoms with Gasteiger partial charge in [0.05, 0.1) is 28.3 Å². The third-order valence-corrected chi connectivity index (χ3v) is 7.93. The Morgan fingerprint density at radius 1 is 1.25 bits per heavy atom. The fraction of sp³-hybridized carbons (Fsp3) is 0.333. The summed E-state index contributed by atoms with van der Waals surface area (Å²) in [5.41, 5.74) is 2.68. The molecule has 11 heteroatoms. The molecule has 0 unspecified atom stereocenters. The predicted octanol–water partition coefficient (Wildman–Crippen LogP) is 3.63. The third-order valence-electron chi connectivity index (χ3n) is 4.76. The zero-order valence-electron chi connectivity index (χ0n) is 18.3. The number of carbonyl (C=O) groups is 1. The fourth-order valence-electron chi connectivity index (χ4n) is 3.07. The molecule has 0 aliphatic carbocycles. The molecule has 0 radical (unpaired) electrons. The lowest BCUT2D eigenvalue weighted by Gasteiger charge is -2.15. The van der Waals surface area contributed by atoms with Crippen LogP contribution in [0.5, 0.6) is 0 Å². The van der Waals surface area contributed by atoms with Crippen LogP contribution < -0.4 is 5.32 Å². The maximum Gasteiger partial charge on any atom is 0.242 e. The summed E-state index contributed by atoms with van der Waals surface area (Å²) in [6.07, 6.45) is 0. The van der Waals surface area contributed by atoms with Crippen molar-refractivity contribution in [2.45, 2.75) is 23.5 Å². The molecule has 3 aromatic rings. The van der Waals surface area contributed by atoms with Crippen molar-refractivity contribution in [1.29, 1.82) is 0 Å². The molecule has 3 rings (SSSR count). The number of halogens is 1. The molecule has 0 aliphatic rings. The van der Waals surface area contributed by atoms with Gasteiger partial charge in [0.1, 0.15) is 0 Å². The van der Waals surface area contributed by atoms with E-state index in [9.17, 15) is 13.2 Å². The van der Waals surface area contributed by atoms with Gasteiger partial charge in [-0.05, 0) is 42.8 Å². The quantitative estimate of drug-likeness (QED) is 0.455. The monoisotopic (exact) mass is 496 g/mol. The summed E-state index contributed by atoms with van der Waals surface area (Å²) in [5, 5.41) is 4.03. The predicted molar refractivity (Wildman–Crippen MR) is 128 cm³/mol. The average molecular weight is 497 g/mol. The van der Waals surface area contributed by atoms with Gasteiger partial charge in [-0.3, -0.25) is 4.79 Å². The number of methoxy groups -OCH3 is 1. The maximum absolute atomic E-state index is 12.6. The van der Waals surface area contributed by atoms with Gasteiger partial charge in [-0.25, -0.2) is 17.7 Å². The van der Waals surface area contributed by atoms with Gasteiger partial charge in [-0.1, -0.05) is 29.4 Å². The lowest BCUT2D eigenvalue weighted by Crippen LogP contribution is -2.23. The van der Waals surface area contributed by atoms with Crippen molar-refractivity contribution >= 4 is 56.0 Å². The molecule has 0 atom stereocenters. The molecule has 1 aromatic heterocycles. The minimum absolute atomic E-state index is 0.105. The highest BCUT2D eigenvalue weighted by atomic mass is 35.5. The average Bonchev–Trinajstić information content (AvgIpc) is 3.08. The number of amides is 1. The molecule has 0 fully saturated rings. The maximum atomic E-state index is 12.6. The Balaban J connectivity index is 1.76. The molecule has 0 saturated carbocycles. The summed E-state index contributed by atoms with van der Waals surface area (Å²) in [7, 11) is 0.958. The molecule has 1 amide bonds. The summed E-state index contributed by atoms with van der Waals surface area (Å²) >= 11 is 7.38. The Labute approximate surface area is 197 Å². The zero-order valence-corrected chi connectivity index (χ0v) is 20.6. The van der Waals surface area contributed by atoms with Gasteiger partial charge >= 0.3 is 0 Å². The lowest BCUT2D eigenvalue weighted by molar-refractivity contribution is -0.113. The van der Waals surface area contributed by atoms with E-state index in [1.54, 1.807) is 38.3 Å². The molecular weight excluding hydrogens is 472 g/mol. The number of hydrogen-bond acceptors (Lipinski definition) is 6. The first-order valence-electron chi connectivity index (χ1n) is 9.74. The molecule has 0 bridgehead atoms. The summed E-state index contributed by atoms with van der Waals surface area (Å²) in [6.45, 7) is 2.80. The first-order chi connectivity index (χ1) is 15.1. The number of rotatable bonds is 9. The van der Waals surface area contributed by atoms with Crippen molar-refractivity contribution in [1.82, 2.24) is 13.9 Å². The number of ether oxygens (including phenoxy) is 1. The third kappa shape index (κ3) is 5.44. The van der Waals surface area contributed by atoms with E-state index in [0.29, 0.717) is 34.6 Å². The van der Waals surface area contributed by atoms with Crippen LogP contribution in [0.1, 0.15) is 5.56 Å². The van der Waals surface area contributed by atoms with Gasteiger partial charge in [0.2, 0.25) is 15.9 Å². The van der Waals surface area contributed by atoms with Crippen molar-refractivity contribution in [2.75, 3.05) is 38.9 Å². The minimum atomic E-state index is -3.61. The van der Waals surface area contributed by atoms with Gasteiger partial charge < -0.3 is 14.6 Å². The van der Waals surface area contributed by atoms with Crippen LogP contribution in [-0.4, -0.2) is 61.7 Å². The number of hydrogen-bond donors (Lipinski definition) is 1. The number of sulfonamides is 1. The van der Waals surface area contributed by atoms with Crippen molar-refractivity contribution in [3.05, 3.63) is 47.0 Å². The highest BCUT2D eigenvalue weighted by molar-refractivity contribution is 7.99. The largest absolute Gasteiger partial charge is 0.383 e. The number of anilines is 1. The first kappa shape index (κ1) is 24.5. The summed E-state index contributed by atoms with van der Waals surface area (Å²) in [5.74, 6) is -0.163. The number of aromatic nitrogens is 2. The summed E-state index contributed by atoms with van der Waals surface area (Å²) in [4.78, 5) is 17.3. The number of fused-ring (bicyclic) bond motifs is 1. The van der Waals surface area contributed by atoms with E-state index in [0.717, 1.165) is 15.3 Å². The molecule has 0 spiro atoms. The van der Waals surface area contributed by atoms with E-state index in [2.05, 4.69) is 10.3 Å². The first-order valence-corrected chi connectivity index (χ1v) is 12.5. The zero-order chi connectivity index (χ0) is 23.5. The SMILES string of the molecule is COCCn1c(SCC(=O)Nc2ccc(C)c(S(=O)(=O)N(C)C)c2)nc2cc(Cl)ccc21. The van der Waals surface area contributed by atoms with Crippen LogP contribution in [0.25, 0.3) is 11.0 Å². The molecular formula is C21H25ClN4O4S2. The number of benzene rings is 2. The highest BCUT2D eigenvalue weighted by Gasteiger charge is 2.20. The van der Waals surface area contributed by atoms with Crippen molar-refractivity contribution in [3.63, 3.8) is 0 Å². The summed E-state index contributed by atoms with van der Waals surface area (Å²) < 4.78 is 33.4. The van der Waals surface area contributed by atoms with Crippen molar-refractivity contribution < 1.29 is 17.9 Å².